The minimum atomic E-state index is -0.210. The maximum Gasteiger partial charge on any atom is 0.253 e. The van der Waals surface area contributed by atoms with E-state index in [1.165, 1.54) is 18.3 Å². The molecule has 1 unspecified atom stereocenters. The SMILES string of the molecule is CC(CN(C)C)NC(=O)c1ccc(=O)[nH]c1. The van der Waals surface area contributed by atoms with E-state index in [1.807, 2.05) is 25.9 Å². The number of aromatic nitrogens is 1. The van der Waals surface area contributed by atoms with Crippen LogP contribution in [-0.2, 0) is 0 Å². The third-order valence-electron chi connectivity index (χ3n) is 2.06. The van der Waals surface area contributed by atoms with Gasteiger partial charge >= 0.3 is 0 Å². The average molecular weight is 223 g/mol. The highest BCUT2D eigenvalue weighted by Gasteiger charge is 2.09. The molecule has 0 bridgehead atoms. The van der Waals surface area contributed by atoms with Crippen LogP contribution in [0, 0.1) is 0 Å². The fourth-order valence-electron chi connectivity index (χ4n) is 1.45. The van der Waals surface area contributed by atoms with Crippen molar-refractivity contribution in [3.63, 3.8) is 0 Å². The van der Waals surface area contributed by atoms with Gasteiger partial charge < -0.3 is 15.2 Å². The maximum atomic E-state index is 11.7. The highest BCUT2D eigenvalue weighted by atomic mass is 16.2. The standard InChI is InChI=1S/C11H17N3O2/c1-8(7-14(2)3)13-11(16)9-4-5-10(15)12-6-9/h4-6,8H,7H2,1-3H3,(H,12,15)(H,13,16). The lowest BCUT2D eigenvalue weighted by atomic mass is 10.2. The summed E-state index contributed by atoms with van der Waals surface area (Å²) in [6, 6.07) is 2.91. The Hall–Kier alpha value is -1.62. The molecule has 0 aromatic carbocycles. The van der Waals surface area contributed by atoms with E-state index >= 15 is 0 Å². The predicted molar refractivity (Wildman–Crippen MR) is 62.5 cm³/mol. The number of nitrogens with zero attached hydrogens (tertiary/aromatic N) is 1. The monoisotopic (exact) mass is 223 g/mol. The Labute approximate surface area is 94.5 Å². The van der Waals surface area contributed by atoms with Crippen LogP contribution in [0.15, 0.2) is 23.1 Å². The third-order valence-corrected chi connectivity index (χ3v) is 2.06. The predicted octanol–water partition coefficient (Wildman–Crippen LogP) is 0.0548. The van der Waals surface area contributed by atoms with Gasteiger partial charge in [0.25, 0.3) is 5.91 Å². The number of carbonyl (C=O) groups excluding carboxylic acids is 1. The van der Waals surface area contributed by atoms with E-state index in [-0.39, 0.29) is 17.5 Å². The van der Waals surface area contributed by atoms with Gasteiger partial charge in [-0.2, -0.15) is 0 Å². The van der Waals surface area contributed by atoms with Gasteiger partial charge in [0, 0.05) is 24.8 Å². The van der Waals surface area contributed by atoms with Gasteiger partial charge in [-0.05, 0) is 27.1 Å². The van der Waals surface area contributed by atoms with Crippen LogP contribution in [0.2, 0.25) is 0 Å². The van der Waals surface area contributed by atoms with Crippen molar-refractivity contribution in [2.24, 2.45) is 0 Å². The number of rotatable bonds is 4. The molecule has 1 heterocycles. The van der Waals surface area contributed by atoms with Crippen molar-refractivity contribution in [3.8, 4) is 0 Å². The molecule has 0 aliphatic heterocycles. The third kappa shape index (κ3) is 3.86. The molecule has 0 aliphatic rings. The Kier molecular flexibility index (Phi) is 4.25. The maximum absolute atomic E-state index is 11.7. The summed E-state index contributed by atoms with van der Waals surface area (Å²) in [6.45, 7) is 2.71. The highest BCUT2D eigenvalue weighted by molar-refractivity contribution is 5.93. The second kappa shape index (κ2) is 5.46. The molecule has 0 spiro atoms. The molecule has 0 aliphatic carbocycles. The minimum absolute atomic E-state index is 0.0643. The van der Waals surface area contributed by atoms with Gasteiger partial charge in [-0.15, -0.1) is 0 Å². The van der Waals surface area contributed by atoms with Crippen LogP contribution in [0.4, 0.5) is 0 Å². The Bertz CT molecular complexity index is 391. The average Bonchev–Trinajstić information content (AvgIpc) is 2.16. The van der Waals surface area contributed by atoms with E-state index in [2.05, 4.69) is 10.3 Å². The van der Waals surface area contributed by atoms with Gasteiger partial charge in [0.05, 0.1) is 5.56 Å². The molecule has 1 rings (SSSR count). The number of H-pyrrole nitrogens is 1. The van der Waals surface area contributed by atoms with Crippen molar-refractivity contribution < 1.29 is 4.79 Å². The van der Waals surface area contributed by atoms with Crippen LogP contribution in [0.1, 0.15) is 17.3 Å². The lowest BCUT2D eigenvalue weighted by Gasteiger charge is -2.18. The van der Waals surface area contributed by atoms with Crippen LogP contribution in [-0.4, -0.2) is 42.5 Å². The lowest BCUT2D eigenvalue weighted by molar-refractivity contribution is 0.0934. The first-order valence-electron chi connectivity index (χ1n) is 5.13. The van der Waals surface area contributed by atoms with Crippen molar-refractivity contribution in [2.75, 3.05) is 20.6 Å². The number of likely N-dealkylation sites (N-methyl/N-ethyl adjacent to an activating group) is 1. The molecule has 1 aromatic heterocycles. The van der Waals surface area contributed by atoms with Crippen molar-refractivity contribution in [1.29, 1.82) is 0 Å². The molecule has 5 nitrogen and oxygen atoms in total. The summed E-state index contributed by atoms with van der Waals surface area (Å²) in [5, 5.41) is 2.84. The fraction of sp³-hybridized carbons (Fsp3) is 0.455. The second-order valence-corrected chi connectivity index (χ2v) is 4.08. The number of hydrogen-bond donors (Lipinski definition) is 2. The van der Waals surface area contributed by atoms with Crippen molar-refractivity contribution in [2.45, 2.75) is 13.0 Å². The smallest absolute Gasteiger partial charge is 0.253 e. The zero-order valence-corrected chi connectivity index (χ0v) is 9.78. The van der Waals surface area contributed by atoms with Crippen molar-refractivity contribution in [1.82, 2.24) is 15.2 Å². The summed E-state index contributed by atoms with van der Waals surface area (Å²) in [4.78, 5) is 27.0. The number of aromatic amines is 1. The number of hydrogen-bond acceptors (Lipinski definition) is 3. The summed E-state index contributed by atoms with van der Waals surface area (Å²) >= 11 is 0. The first-order chi connectivity index (χ1) is 7.49. The molecule has 5 heteroatoms. The largest absolute Gasteiger partial charge is 0.348 e. The van der Waals surface area contributed by atoms with Crippen LogP contribution >= 0.6 is 0 Å². The normalized spacial score (nSPS) is 12.5. The molecule has 0 radical (unpaired) electrons. The van der Waals surface area contributed by atoms with Crippen LogP contribution < -0.4 is 10.9 Å². The summed E-state index contributed by atoms with van der Waals surface area (Å²) in [7, 11) is 3.89. The zero-order chi connectivity index (χ0) is 12.1. The van der Waals surface area contributed by atoms with Gasteiger partial charge in [0.15, 0.2) is 0 Å². The minimum Gasteiger partial charge on any atom is -0.348 e. The van der Waals surface area contributed by atoms with Gasteiger partial charge in [0.1, 0.15) is 0 Å². The van der Waals surface area contributed by atoms with Crippen LogP contribution in [0.3, 0.4) is 0 Å². The number of amides is 1. The summed E-state index contributed by atoms with van der Waals surface area (Å²) in [5.41, 5.74) is 0.253. The second-order valence-electron chi connectivity index (χ2n) is 4.08. The van der Waals surface area contributed by atoms with E-state index in [0.29, 0.717) is 5.56 Å². The Morgan fingerprint density at radius 1 is 1.50 bits per heavy atom. The molecular formula is C11H17N3O2. The lowest BCUT2D eigenvalue weighted by Crippen LogP contribution is -2.39. The summed E-state index contributed by atoms with van der Waals surface area (Å²) < 4.78 is 0. The Morgan fingerprint density at radius 3 is 2.69 bits per heavy atom. The number of nitrogens with one attached hydrogen (secondary N) is 2. The van der Waals surface area contributed by atoms with E-state index in [0.717, 1.165) is 6.54 Å². The Balaban J connectivity index is 2.58. The van der Waals surface area contributed by atoms with Gasteiger partial charge in [0.2, 0.25) is 5.56 Å². The molecule has 1 amide bonds. The van der Waals surface area contributed by atoms with Crippen molar-refractivity contribution in [3.05, 3.63) is 34.2 Å². The van der Waals surface area contributed by atoms with E-state index in [1.54, 1.807) is 0 Å². The molecule has 1 aromatic rings. The summed E-state index contributed by atoms with van der Waals surface area (Å²) in [5.74, 6) is -0.175. The fourth-order valence-corrected chi connectivity index (χ4v) is 1.45. The van der Waals surface area contributed by atoms with E-state index < -0.39 is 0 Å². The number of carbonyl (C=O) groups is 1. The van der Waals surface area contributed by atoms with E-state index in [4.69, 9.17) is 0 Å². The Morgan fingerprint density at radius 2 is 2.19 bits per heavy atom. The van der Waals surface area contributed by atoms with Gasteiger partial charge in [-0.1, -0.05) is 0 Å². The number of pyridine rings is 1. The molecule has 0 saturated heterocycles. The topological polar surface area (TPSA) is 65.2 Å². The highest BCUT2D eigenvalue weighted by Crippen LogP contribution is 1.95. The molecule has 88 valence electrons. The van der Waals surface area contributed by atoms with E-state index in [9.17, 15) is 9.59 Å². The molecule has 0 saturated carbocycles. The van der Waals surface area contributed by atoms with Gasteiger partial charge in [-0.3, -0.25) is 9.59 Å². The molecule has 2 N–H and O–H groups in total. The quantitative estimate of drug-likeness (QED) is 0.758. The first kappa shape index (κ1) is 12.4. The first-order valence-corrected chi connectivity index (χ1v) is 5.13. The zero-order valence-electron chi connectivity index (χ0n) is 9.78. The molecule has 1 atom stereocenters. The van der Waals surface area contributed by atoms with Crippen LogP contribution in [0.25, 0.3) is 0 Å². The molecule has 16 heavy (non-hydrogen) atoms. The summed E-state index contributed by atoms with van der Waals surface area (Å²) in [6.07, 6.45) is 1.42. The molecular weight excluding hydrogens is 206 g/mol. The van der Waals surface area contributed by atoms with Crippen LogP contribution in [0.5, 0.6) is 0 Å². The van der Waals surface area contributed by atoms with Gasteiger partial charge in [-0.25, -0.2) is 0 Å². The molecule has 0 fully saturated rings. The van der Waals surface area contributed by atoms with Crippen molar-refractivity contribution >= 4 is 5.91 Å².